The molecule has 1 fully saturated rings. The van der Waals surface area contributed by atoms with Crippen molar-refractivity contribution < 1.29 is 5.11 Å². The van der Waals surface area contributed by atoms with Gasteiger partial charge in [-0.25, -0.2) is 0 Å². The highest BCUT2D eigenvalue weighted by Crippen LogP contribution is 2.67. The van der Waals surface area contributed by atoms with E-state index in [2.05, 4.69) is 76.2 Å². The highest BCUT2D eigenvalue weighted by molar-refractivity contribution is 5.08. The molecule has 5 atom stereocenters. The van der Waals surface area contributed by atoms with E-state index in [9.17, 15) is 5.11 Å². The van der Waals surface area contributed by atoms with Gasteiger partial charge in [-0.3, -0.25) is 0 Å². The minimum Gasteiger partial charge on any atom is -0.396 e. The molecule has 1 N–H and O–H groups in total. The molecule has 0 spiro atoms. The van der Waals surface area contributed by atoms with Crippen LogP contribution in [0.25, 0.3) is 0 Å². The summed E-state index contributed by atoms with van der Waals surface area (Å²) in [6, 6.07) is 0. The lowest BCUT2D eigenvalue weighted by Crippen LogP contribution is -2.57. The topological polar surface area (TPSA) is 20.2 Å². The van der Waals surface area contributed by atoms with E-state index < -0.39 is 0 Å². The van der Waals surface area contributed by atoms with Gasteiger partial charge in [0.25, 0.3) is 0 Å². The van der Waals surface area contributed by atoms with Gasteiger partial charge in [0.2, 0.25) is 0 Å². The standard InChI is InChI=1S/C23H46O/c1-16(2)19(21(7,8)9)18(14-24)13-23(11)17(3)12-22(23,10)15-20(4,5)6/h16-19,24H,12-15H2,1-11H3. The van der Waals surface area contributed by atoms with E-state index in [1.807, 2.05) is 0 Å². The van der Waals surface area contributed by atoms with E-state index in [4.69, 9.17) is 0 Å². The van der Waals surface area contributed by atoms with Crippen LogP contribution in [0.1, 0.15) is 95.4 Å². The largest absolute Gasteiger partial charge is 0.396 e. The zero-order chi connectivity index (χ0) is 19.1. The van der Waals surface area contributed by atoms with Crippen molar-refractivity contribution in [2.45, 2.75) is 95.4 Å². The van der Waals surface area contributed by atoms with Crippen molar-refractivity contribution in [3.63, 3.8) is 0 Å². The van der Waals surface area contributed by atoms with Gasteiger partial charge in [-0.15, -0.1) is 0 Å². The molecule has 0 aromatic rings. The van der Waals surface area contributed by atoms with Crippen LogP contribution in [0.5, 0.6) is 0 Å². The third kappa shape index (κ3) is 4.37. The van der Waals surface area contributed by atoms with Crippen LogP contribution < -0.4 is 0 Å². The average Bonchev–Trinajstić information content (AvgIpc) is 2.33. The lowest BCUT2D eigenvalue weighted by Gasteiger charge is -2.65. The van der Waals surface area contributed by atoms with Crippen LogP contribution in [0.3, 0.4) is 0 Å². The maximum atomic E-state index is 10.3. The Labute approximate surface area is 153 Å². The van der Waals surface area contributed by atoms with E-state index in [1.54, 1.807) is 0 Å². The molecule has 0 saturated heterocycles. The molecule has 1 rings (SSSR count). The third-order valence-electron chi connectivity index (χ3n) is 7.29. The van der Waals surface area contributed by atoms with E-state index in [0.717, 1.165) is 12.3 Å². The molecule has 0 aromatic heterocycles. The summed E-state index contributed by atoms with van der Waals surface area (Å²) < 4.78 is 0. The predicted octanol–water partition coefficient (Wildman–Crippen LogP) is 6.79. The second-order valence-corrected chi connectivity index (χ2v) is 12.1. The van der Waals surface area contributed by atoms with E-state index in [-0.39, 0.29) is 5.41 Å². The zero-order valence-electron chi connectivity index (χ0n) is 18.6. The van der Waals surface area contributed by atoms with Crippen LogP contribution in [0.4, 0.5) is 0 Å². The molecule has 1 saturated carbocycles. The van der Waals surface area contributed by atoms with Crippen LogP contribution in [0, 0.1) is 45.3 Å². The van der Waals surface area contributed by atoms with Gasteiger partial charge in [0.05, 0.1) is 0 Å². The smallest absolute Gasteiger partial charge is 0.0462 e. The van der Waals surface area contributed by atoms with Crippen molar-refractivity contribution in [1.29, 1.82) is 0 Å². The Balaban J connectivity index is 3.08. The van der Waals surface area contributed by atoms with Gasteiger partial charge in [0.1, 0.15) is 0 Å². The van der Waals surface area contributed by atoms with Crippen molar-refractivity contribution in [2.75, 3.05) is 6.61 Å². The molecule has 24 heavy (non-hydrogen) atoms. The van der Waals surface area contributed by atoms with Crippen LogP contribution in [0.2, 0.25) is 0 Å². The first kappa shape index (κ1) is 22.0. The molecule has 0 amide bonds. The Hall–Kier alpha value is -0.0400. The summed E-state index contributed by atoms with van der Waals surface area (Å²) in [6.07, 6.45) is 3.78. The SMILES string of the molecule is CC(C)C(C(CO)CC1(C)C(C)CC1(C)CC(C)(C)C)C(C)(C)C. The van der Waals surface area contributed by atoms with Gasteiger partial charge in [0.15, 0.2) is 0 Å². The summed E-state index contributed by atoms with van der Waals surface area (Å²) in [5, 5.41) is 10.3. The molecule has 5 unspecified atom stereocenters. The van der Waals surface area contributed by atoms with E-state index in [0.29, 0.717) is 40.6 Å². The zero-order valence-corrected chi connectivity index (χ0v) is 18.6. The van der Waals surface area contributed by atoms with Crippen LogP contribution in [-0.4, -0.2) is 11.7 Å². The predicted molar refractivity (Wildman–Crippen MR) is 107 cm³/mol. The van der Waals surface area contributed by atoms with Crippen molar-refractivity contribution in [3.05, 3.63) is 0 Å². The summed E-state index contributed by atoms with van der Waals surface area (Å²) in [7, 11) is 0. The molecule has 144 valence electrons. The Morgan fingerprint density at radius 1 is 1.04 bits per heavy atom. The fourth-order valence-electron chi connectivity index (χ4n) is 6.59. The lowest BCUT2D eigenvalue weighted by atomic mass is 9.40. The highest BCUT2D eigenvalue weighted by Gasteiger charge is 2.59. The first-order chi connectivity index (χ1) is 10.6. The fourth-order valence-corrected chi connectivity index (χ4v) is 6.59. The molecule has 0 radical (unpaired) electrons. The maximum absolute atomic E-state index is 10.3. The third-order valence-corrected chi connectivity index (χ3v) is 7.29. The van der Waals surface area contributed by atoms with Crippen LogP contribution in [0.15, 0.2) is 0 Å². The average molecular weight is 339 g/mol. The molecule has 1 aliphatic carbocycles. The highest BCUT2D eigenvalue weighted by atomic mass is 16.3. The molecular formula is C23H46O. The number of rotatable bonds is 6. The molecule has 0 aromatic carbocycles. The first-order valence-electron chi connectivity index (χ1n) is 10.2. The molecule has 0 aliphatic heterocycles. The minimum atomic E-state index is 0.241. The Kier molecular flexibility index (Phi) is 6.36. The van der Waals surface area contributed by atoms with E-state index in [1.165, 1.54) is 12.8 Å². The summed E-state index contributed by atoms with van der Waals surface area (Å²) >= 11 is 0. The van der Waals surface area contributed by atoms with Gasteiger partial charge < -0.3 is 5.11 Å². The molecule has 1 heteroatoms. The monoisotopic (exact) mass is 338 g/mol. The van der Waals surface area contributed by atoms with Crippen molar-refractivity contribution in [2.24, 2.45) is 45.3 Å². The normalized spacial score (nSPS) is 34.1. The Bertz CT molecular complexity index is 411. The van der Waals surface area contributed by atoms with Gasteiger partial charge in [-0.2, -0.15) is 0 Å². The molecule has 0 heterocycles. The number of aliphatic hydroxyl groups is 1. The minimum absolute atomic E-state index is 0.241. The van der Waals surface area contributed by atoms with Gasteiger partial charge in [-0.05, 0) is 64.6 Å². The molecule has 1 nitrogen and oxygen atoms in total. The van der Waals surface area contributed by atoms with Gasteiger partial charge >= 0.3 is 0 Å². The van der Waals surface area contributed by atoms with Crippen molar-refractivity contribution in [1.82, 2.24) is 0 Å². The quantitative estimate of drug-likeness (QED) is 0.565. The summed E-state index contributed by atoms with van der Waals surface area (Å²) in [5.74, 6) is 2.32. The van der Waals surface area contributed by atoms with Crippen LogP contribution >= 0.6 is 0 Å². The number of hydrogen-bond donors (Lipinski definition) is 1. The Morgan fingerprint density at radius 3 is 1.83 bits per heavy atom. The van der Waals surface area contributed by atoms with E-state index >= 15 is 0 Å². The van der Waals surface area contributed by atoms with Crippen LogP contribution in [-0.2, 0) is 0 Å². The second-order valence-electron chi connectivity index (χ2n) is 12.1. The molecule has 0 bridgehead atoms. The second kappa shape index (κ2) is 6.93. The maximum Gasteiger partial charge on any atom is 0.0462 e. The summed E-state index contributed by atoms with van der Waals surface area (Å²) in [6.45, 7) is 26.6. The van der Waals surface area contributed by atoms with Crippen molar-refractivity contribution >= 4 is 0 Å². The Morgan fingerprint density at radius 2 is 1.54 bits per heavy atom. The summed E-state index contributed by atoms with van der Waals surface area (Å²) in [5.41, 5.74) is 1.35. The number of hydrogen-bond acceptors (Lipinski definition) is 1. The van der Waals surface area contributed by atoms with Gasteiger partial charge in [-0.1, -0.05) is 76.2 Å². The fraction of sp³-hybridized carbons (Fsp3) is 1.00. The lowest BCUT2D eigenvalue weighted by molar-refractivity contribution is -0.158. The van der Waals surface area contributed by atoms with Crippen molar-refractivity contribution in [3.8, 4) is 0 Å². The molecular weight excluding hydrogens is 292 g/mol. The van der Waals surface area contributed by atoms with Gasteiger partial charge in [0, 0.05) is 6.61 Å². The summed E-state index contributed by atoms with van der Waals surface area (Å²) in [4.78, 5) is 0. The number of aliphatic hydroxyl groups excluding tert-OH is 1. The molecule has 1 aliphatic rings. The first-order valence-corrected chi connectivity index (χ1v) is 10.2.